The highest BCUT2D eigenvalue weighted by Crippen LogP contribution is 2.17. The fraction of sp³-hybridized carbons (Fsp3) is 0.533. The largest absolute Gasteiger partial charge is 0.480 e. The predicted molar refractivity (Wildman–Crippen MR) is 77.9 cm³/mol. The minimum absolute atomic E-state index is 0.426. The number of benzene rings is 1. The van der Waals surface area contributed by atoms with Crippen LogP contribution in [-0.2, 0) is 11.3 Å². The SMILES string of the molecule is CCCC(C(=O)O)N(CCC)Cc1ccccc1N. The number of nitrogens with two attached hydrogens (primary N) is 1. The summed E-state index contributed by atoms with van der Waals surface area (Å²) in [5.41, 5.74) is 7.67. The minimum atomic E-state index is -0.746. The molecule has 0 spiro atoms. The number of rotatable bonds is 8. The summed E-state index contributed by atoms with van der Waals surface area (Å²) in [7, 11) is 0. The van der Waals surface area contributed by atoms with Crippen molar-refractivity contribution < 1.29 is 9.90 Å². The third-order valence-corrected chi connectivity index (χ3v) is 3.23. The zero-order valence-electron chi connectivity index (χ0n) is 11.8. The van der Waals surface area contributed by atoms with Gasteiger partial charge in [0.1, 0.15) is 6.04 Å². The van der Waals surface area contributed by atoms with Crippen LogP contribution in [-0.4, -0.2) is 28.6 Å². The first kappa shape index (κ1) is 15.5. The van der Waals surface area contributed by atoms with Crippen LogP contribution in [0.25, 0.3) is 0 Å². The summed E-state index contributed by atoms with van der Waals surface area (Å²) < 4.78 is 0. The molecule has 1 rings (SSSR count). The molecule has 4 nitrogen and oxygen atoms in total. The number of aliphatic carboxylic acids is 1. The topological polar surface area (TPSA) is 66.6 Å². The first-order chi connectivity index (χ1) is 9.10. The summed E-state index contributed by atoms with van der Waals surface area (Å²) in [5, 5.41) is 9.38. The van der Waals surface area contributed by atoms with Crippen molar-refractivity contribution >= 4 is 11.7 Å². The fourth-order valence-corrected chi connectivity index (χ4v) is 2.26. The molecule has 0 aromatic heterocycles. The van der Waals surface area contributed by atoms with Gasteiger partial charge in [0.25, 0.3) is 0 Å². The summed E-state index contributed by atoms with van der Waals surface area (Å²) in [6, 6.07) is 7.22. The average molecular weight is 264 g/mol. The molecule has 106 valence electrons. The monoisotopic (exact) mass is 264 g/mol. The Kier molecular flexibility index (Phi) is 6.36. The van der Waals surface area contributed by atoms with E-state index in [9.17, 15) is 9.90 Å². The van der Waals surface area contributed by atoms with E-state index in [1.165, 1.54) is 0 Å². The number of carboxylic acid groups (broad SMARTS) is 1. The van der Waals surface area contributed by atoms with Gasteiger partial charge >= 0.3 is 5.97 Å². The maximum absolute atomic E-state index is 11.4. The molecule has 0 saturated carbocycles. The lowest BCUT2D eigenvalue weighted by atomic mass is 10.1. The average Bonchev–Trinajstić information content (AvgIpc) is 2.37. The molecule has 0 aliphatic heterocycles. The van der Waals surface area contributed by atoms with Crippen LogP contribution in [0, 0.1) is 0 Å². The Morgan fingerprint density at radius 2 is 2.00 bits per heavy atom. The third-order valence-electron chi connectivity index (χ3n) is 3.23. The number of carboxylic acids is 1. The molecule has 0 fully saturated rings. The van der Waals surface area contributed by atoms with Crippen LogP contribution >= 0.6 is 0 Å². The molecule has 1 aromatic rings. The fourth-order valence-electron chi connectivity index (χ4n) is 2.26. The van der Waals surface area contributed by atoms with E-state index in [1.54, 1.807) is 0 Å². The van der Waals surface area contributed by atoms with E-state index in [1.807, 2.05) is 36.1 Å². The Balaban J connectivity index is 2.87. The molecule has 0 saturated heterocycles. The Morgan fingerprint density at radius 1 is 1.32 bits per heavy atom. The van der Waals surface area contributed by atoms with Gasteiger partial charge in [0, 0.05) is 12.2 Å². The Bertz CT molecular complexity index is 407. The number of para-hydroxylation sites is 1. The summed E-state index contributed by atoms with van der Waals surface area (Å²) >= 11 is 0. The van der Waals surface area contributed by atoms with Crippen LogP contribution in [0.3, 0.4) is 0 Å². The molecule has 1 unspecified atom stereocenters. The van der Waals surface area contributed by atoms with Gasteiger partial charge in [-0.15, -0.1) is 0 Å². The third kappa shape index (κ3) is 4.56. The molecule has 0 radical (unpaired) electrons. The molecule has 4 heteroatoms. The first-order valence-corrected chi connectivity index (χ1v) is 6.90. The highest BCUT2D eigenvalue weighted by molar-refractivity contribution is 5.73. The van der Waals surface area contributed by atoms with Gasteiger partial charge in [-0.05, 0) is 31.0 Å². The second-order valence-electron chi connectivity index (χ2n) is 4.81. The van der Waals surface area contributed by atoms with Crippen molar-refractivity contribution in [3.8, 4) is 0 Å². The van der Waals surface area contributed by atoms with Gasteiger partial charge in [-0.3, -0.25) is 9.69 Å². The molecule has 0 bridgehead atoms. The number of nitrogen functional groups attached to an aromatic ring is 1. The summed E-state index contributed by atoms with van der Waals surface area (Å²) in [6.07, 6.45) is 2.46. The van der Waals surface area contributed by atoms with Crippen LogP contribution in [0.15, 0.2) is 24.3 Å². The van der Waals surface area contributed by atoms with Gasteiger partial charge in [0.05, 0.1) is 0 Å². The van der Waals surface area contributed by atoms with E-state index in [2.05, 4.69) is 6.92 Å². The molecule has 0 heterocycles. The zero-order chi connectivity index (χ0) is 14.3. The van der Waals surface area contributed by atoms with Crippen molar-refractivity contribution in [2.24, 2.45) is 0 Å². The normalized spacial score (nSPS) is 12.6. The van der Waals surface area contributed by atoms with Crippen LogP contribution in [0.5, 0.6) is 0 Å². The van der Waals surface area contributed by atoms with Crippen molar-refractivity contribution in [1.29, 1.82) is 0 Å². The Hall–Kier alpha value is -1.55. The molecule has 3 N–H and O–H groups in total. The molecule has 19 heavy (non-hydrogen) atoms. The van der Waals surface area contributed by atoms with Crippen molar-refractivity contribution in [1.82, 2.24) is 4.90 Å². The van der Waals surface area contributed by atoms with Gasteiger partial charge in [-0.1, -0.05) is 38.5 Å². The molecule has 0 amide bonds. The van der Waals surface area contributed by atoms with Crippen molar-refractivity contribution in [2.45, 2.75) is 45.7 Å². The summed E-state index contributed by atoms with van der Waals surface area (Å²) in [4.78, 5) is 13.4. The lowest BCUT2D eigenvalue weighted by Gasteiger charge is -2.28. The van der Waals surface area contributed by atoms with E-state index in [0.717, 1.165) is 30.6 Å². The zero-order valence-corrected chi connectivity index (χ0v) is 11.8. The molecule has 0 aliphatic carbocycles. The molecular formula is C15H24N2O2. The Labute approximate surface area is 115 Å². The van der Waals surface area contributed by atoms with E-state index in [0.29, 0.717) is 13.0 Å². The van der Waals surface area contributed by atoms with Crippen LogP contribution in [0.4, 0.5) is 5.69 Å². The standard InChI is InChI=1S/C15H24N2O2/c1-3-7-14(15(18)19)17(10-4-2)11-12-8-5-6-9-13(12)16/h5-6,8-9,14H,3-4,7,10-11,16H2,1-2H3,(H,18,19). The smallest absolute Gasteiger partial charge is 0.320 e. The quantitative estimate of drug-likeness (QED) is 0.708. The lowest BCUT2D eigenvalue weighted by molar-refractivity contribution is -0.143. The summed E-state index contributed by atoms with van der Waals surface area (Å²) in [6.45, 7) is 5.44. The number of nitrogens with zero attached hydrogens (tertiary/aromatic N) is 1. The van der Waals surface area contributed by atoms with Gasteiger partial charge < -0.3 is 10.8 Å². The van der Waals surface area contributed by atoms with E-state index in [4.69, 9.17) is 5.73 Å². The second-order valence-corrected chi connectivity index (χ2v) is 4.81. The molecule has 1 aromatic carbocycles. The number of anilines is 1. The van der Waals surface area contributed by atoms with Crippen molar-refractivity contribution in [2.75, 3.05) is 12.3 Å². The summed E-state index contributed by atoms with van der Waals surface area (Å²) in [5.74, 6) is -0.746. The highest BCUT2D eigenvalue weighted by Gasteiger charge is 2.24. The molecular weight excluding hydrogens is 240 g/mol. The van der Waals surface area contributed by atoms with Gasteiger partial charge in [0.15, 0.2) is 0 Å². The highest BCUT2D eigenvalue weighted by atomic mass is 16.4. The second kappa shape index (κ2) is 7.79. The van der Waals surface area contributed by atoms with Crippen molar-refractivity contribution in [3.63, 3.8) is 0 Å². The van der Waals surface area contributed by atoms with Crippen LogP contribution < -0.4 is 5.73 Å². The van der Waals surface area contributed by atoms with Crippen LogP contribution in [0.1, 0.15) is 38.7 Å². The first-order valence-electron chi connectivity index (χ1n) is 6.90. The number of hydrogen-bond donors (Lipinski definition) is 2. The van der Waals surface area contributed by atoms with Gasteiger partial charge in [-0.25, -0.2) is 0 Å². The van der Waals surface area contributed by atoms with E-state index < -0.39 is 12.0 Å². The van der Waals surface area contributed by atoms with E-state index in [-0.39, 0.29) is 0 Å². The Morgan fingerprint density at radius 3 is 2.53 bits per heavy atom. The van der Waals surface area contributed by atoms with Crippen molar-refractivity contribution in [3.05, 3.63) is 29.8 Å². The van der Waals surface area contributed by atoms with Gasteiger partial charge in [0.2, 0.25) is 0 Å². The van der Waals surface area contributed by atoms with Crippen LogP contribution in [0.2, 0.25) is 0 Å². The van der Waals surface area contributed by atoms with E-state index >= 15 is 0 Å². The lowest BCUT2D eigenvalue weighted by Crippen LogP contribution is -2.41. The molecule has 1 atom stereocenters. The van der Waals surface area contributed by atoms with Gasteiger partial charge in [-0.2, -0.15) is 0 Å². The molecule has 0 aliphatic rings. The number of hydrogen-bond acceptors (Lipinski definition) is 3. The maximum Gasteiger partial charge on any atom is 0.320 e. The predicted octanol–water partition coefficient (Wildman–Crippen LogP) is 2.73. The minimum Gasteiger partial charge on any atom is -0.480 e. The maximum atomic E-state index is 11.4. The number of carbonyl (C=O) groups is 1.